The highest BCUT2D eigenvalue weighted by molar-refractivity contribution is 5.94. The summed E-state index contributed by atoms with van der Waals surface area (Å²) in [6.45, 7) is 0.223. The van der Waals surface area contributed by atoms with Gasteiger partial charge in [0, 0.05) is 29.3 Å². The molecule has 0 saturated heterocycles. The van der Waals surface area contributed by atoms with Crippen LogP contribution >= 0.6 is 0 Å². The number of amides is 1. The zero-order chi connectivity index (χ0) is 21.3. The topological polar surface area (TPSA) is 93.8 Å². The van der Waals surface area contributed by atoms with Crippen molar-refractivity contribution in [3.05, 3.63) is 71.6 Å². The minimum absolute atomic E-state index is 0.0941. The molecular formula is C21H18F3N5O. The van der Waals surface area contributed by atoms with Gasteiger partial charge in [0.2, 0.25) is 5.91 Å². The van der Waals surface area contributed by atoms with E-state index in [1.807, 2.05) is 0 Å². The average Bonchev–Trinajstić information content (AvgIpc) is 2.71. The van der Waals surface area contributed by atoms with E-state index >= 15 is 0 Å². The zero-order valence-corrected chi connectivity index (χ0v) is 15.8. The first-order valence-corrected chi connectivity index (χ1v) is 9.30. The maximum atomic E-state index is 14.2. The highest BCUT2D eigenvalue weighted by Crippen LogP contribution is 2.45. The molecule has 30 heavy (non-hydrogen) atoms. The summed E-state index contributed by atoms with van der Waals surface area (Å²) < 4.78 is 42.0. The normalized spacial score (nSPS) is 20.4. The number of pyridine rings is 1. The molecule has 3 aromatic rings. The Hall–Kier alpha value is -3.49. The largest absolute Gasteiger partial charge is 0.368 e. The monoisotopic (exact) mass is 413 g/mol. The van der Waals surface area contributed by atoms with Crippen molar-refractivity contribution in [1.82, 2.24) is 15.2 Å². The molecule has 0 radical (unpaired) electrons. The number of anilines is 1. The van der Waals surface area contributed by atoms with Gasteiger partial charge in [-0.2, -0.15) is 0 Å². The summed E-state index contributed by atoms with van der Waals surface area (Å²) in [7, 11) is 0. The van der Waals surface area contributed by atoms with Crippen LogP contribution in [-0.2, 0) is 5.41 Å². The van der Waals surface area contributed by atoms with E-state index in [-0.39, 0.29) is 41.9 Å². The van der Waals surface area contributed by atoms with E-state index in [1.165, 1.54) is 36.5 Å². The molecule has 1 amide bonds. The number of aromatic nitrogens is 3. The molecule has 0 unspecified atom stereocenters. The number of hydrogen-bond donors (Lipinski definition) is 2. The number of rotatable bonds is 6. The molecule has 0 atom stereocenters. The molecule has 0 bridgehead atoms. The average molecular weight is 413 g/mol. The highest BCUT2D eigenvalue weighted by atomic mass is 19.1. The lowest BCUT2D eigenvalue weighted by atomic mass is 9.65. The Bertz CT molecular complexity index is 1080. The van der Waals surface area contributed by atoms with Crippen molar-refractivity contribution in [3.63, 3.8) is 0 Å². The molecular weight excluding hydrogens is 395 g/mol. The van der Waals surface area contributed by atoms with Crippen LogP contribution in [0.2, 0.25) is 0 Å². The Kier molecular flexibility index (Phi) is 5.11. The fraction of sp³-hybridized carbons (Fsp3) is 0.238. The zero-order valence-electron chi connectivity index (χ0n) is 15.8. The number of benzene rings is 1. The number of carbonyl (C=O) groups is 1. The summed E-state index contributed by atoms with van der Waals surface area (Å²) in [6.07, 6.45) is 0.784. The quantitative estimate of drug-likeness (QED) is 0.646. The van der Waals surface area contributed by atoms with Crippen molar-refractivity contribution in [1.29, 1.82) is 0 Å². The molecule has 2 heterocycles. The van der Waals surface area contributed by atoms with E-state index in [1.54, 1.807) is 6.07 Å². The minimum Gasteiger partial charge on any atom is -0.368 e. The van der Waals surface area contributed by atoms with E-state index in [0.29, 0.717) is 5.82 Å². The second-order valence-electron chi connectivity index (χ2n) is 7.34. The summed E-state index contributed by atoms with van der Waals surface area (Å²) >= 11 is 0. The fourth-order valence-electron chi connectivity index (χ4n) is 3.69. The van der Waals surface area contributed by atoms with Crippen LogP contribution in [0.5, 0.6) is 0 Å². The van der Waals surface area contributed by atoms with Crippen LogP contribution in [0.1, 0.15) is 28.9 Å². The van der Waals surface area contributed by atoms with Gasteiger partial charge < -0.3 is 11.1 Å². The third-order valence-corrected chi connectivity index (χ3v) is 5.28. The van der Waals surface area contributed by atoms with Crippen LogP contribution in [0.15, 0.2) is 48.7 Å². The first kappa shape index (κ1) is 19.8. The van der Waals surface area contributed by atoms with Crippen LogP contribution in [0.4, 0.5) is 19.0 Å². The standard InChI is InChI=1S/C21H18F3N5O/c22-13-9-21(10-13,19-16(24)2-1-7-26-19)11-27-18-6-5-17(28-29-18)14-8-12(20(25)30)3-4-15(14)23/h1-8,13H,9-11H2,(H2,25,30)(H,27,29)/t13-,21-. The summed E-state index contributed by atoms with van der Waals surface area (Å²) in [5, 5.41) is 11.0. The lowest BCUT2D eigenvalue weighted by molar-refractivity contribution is 0.0963. The molecule has 0 spiro atoms. The van der Waals surface area contributed by atoms with Gasteiger partial charge in [0.15, 0.2) is 0 Å². The van der Waals surface area contributed by atoms with Crippen molar-refractivity contribution in [2.45, 2.75) is 24.4 Å². The molecule has 1 saturated carbocycles. The maximum absolute atomic E-state index is 14.2. The smallest absolute Gasteiger partial charge is 0.248 e. The van der Waals surface area contributed by atoms with Crippen LogP contribution in [0, 0.1) is 11.6 Å². The number of carbonyl (C=O) groups excluding carboxylic acids is 1. The second kappa shape index (κ2) is 7.74. The number of nitrogens with one attached hydrogen (secondary N) is 1. The molecule has 9 heteroatoms. The molecule has 1 aliphatic rings. The number of hydrogen-bond acceptors (Lipinski definition) is 5. The van der Waals surface area contributed by atoms with E-state index in [0.717, 1.165) is 6.07 Å². The Balaban J connectivity index is 1.52. The van der Waals surface area contributed by atoms with Crippen molar-refractivity contribution >= 4 is 11.7 Å². The second-order valence-corrected chi connectivity index (χ2v) is 7.34. The SMILES string of the molecule is NC(=O)c1ccc(F)c(-c2ccc(NC[C@]3(c4ncccc4F)C[C@H](F)C3)nn2)c1. The van der Waals surface area contributed by atoms with Gasteiger partial charge in [-0.25, -0.2) is 13.2 Å². The van der Waals surface area contributed by atoms with Gasteiger partial charge in [-0.05, 0) is 55.3 Å². The van der Waals surface area contributed by atoms with Crippen LogP contribution < -0.4 is 11.1 Å². The predicted octanol–water partition coefficient (Wildman–Crippen LogP) is 3.40. The molecule has 154 valence electrons. The summed E-state index contributed by atoms with van der Waals surface area (Å²) in [5.41, 5.74) is 5.16. The fourth-order valence-corrected chi connectivity index (χ4v) is 3.69. The molecule has 1 fully saturated rings. The van der Waals surface area contributed by atoms with E-state index in [4.69, 9.17) is 5.73 Å². The van der Waals surface area contributed by atoms with Gasteiger partial charge in [0.1, 0.15) is 23.6 Å². The Morgan fingerprint density at radius 1 is 1.13 bits per heavy atom. The molecule has 4 rings (SSSR count). The summed E-state index contributed by atoms with van der Waals surface area (Å²) in [6, 6.07) is 9.64. The van der Waals surface area contributed by atoms with E-state index < -0.39 is 29.1 Å². The van der Waals surface area contributed by atoms with Gasteiger partial charge in [-0.1, -0.05) is 0 Å². The van der Waals surface area contributed by atoms with Gasteiger partial charge in [0.05, 0.1) is 11.4 Å². The molecule has 1 aliphatic carbocycles. The third-order valence-electron chi connectivity index (χ3n) is 5.28. The van der Waals surface area contributed by atoms with Crippen molar-refractivity contribution in [3.8, 4) is 11.3 Å². The number of halogens is 3. The maximum Gasteiger partial charge on any atom is 0.248 e. The molecule has 2 aromatic heterocycles. The van der Waals surface area contributed by atoms with Gasteiger partial charge in [0.25, 0.3) is 0 Å². The van der Waals surface area contributed by atoms with Crippen molar-refractivity contribution in [2.75, 3.05) is 11.9 Å². The van der Waals surface area contributed by atoms with Gasteiger partial charge in [-0.3, -0.25) is 9.78 Å². The molecule has 0 aliphatic heterocycles. The van der Waals surface area contributed by atoms with Crippen molar-refractivity contribution in [2.24, 2.45) is 5.73 Å². The molecule has 6 nitrogen and oxygen atoms in total. The van der Waals surface area contributed by atoms with Crippen LogP contribution in [-0.4, -0.2) is 33.8 Å². The Morgan fingerprint density at radius 2 is 1.93 bits per heavy atom. The lowest BCUT2D eigenvalue weighted by Gasteiger charge is -2.44. The number of primary amides is 1. The Labute approximate surface area is 170 Å². The lowest BCUT2D eigenvalue weighted by Crippen LogP contribution is -2.49. The van der Waals surface area contributed by atoms with Gasteiger partial charge in [-0.15, -0.1) is 10.2 Å². The number of nitrogens with zero attached hydrogens (tertiary/aromatic N) is 3. The predicted molar refractivity (Wildman–Crippen MR) is 104 cm³/mol. The van der Waals surface area contributed by atoms with Crippen LogP contribution in [0.25, 0.3) is 11.3 Å². The highest BCUT2D eigenvalue weighted by Gasteiger charge is 2.48. The van der Waals surface area contributed by atoms with Gasteiger partial charge >= 0.3 is 0 Å². The summed E-state index contributed by atoms with van der Waals surface area (Å²) in [4.78, 5) is 15.4. The van der Waals surface area contributed by atoms with Crippen LogP contribution in [0.3, 0.4) is 0 Å². The molecule has 1 aromatic carbocycles. The number of alkyl halides is 1. The Morgan fingerprint density at radius 3 is 2.57 bits per heavy atom. The van der Waals surface area contributed by atoms with Crippen molar-refractivity contribution < 1.29 is 18.0 Å². The minimum atomic E-state index is -1.01. The molecule has 3 N–H and O–H groups in total. The summed E-state index contributed by atoms with van der Waals surface area (Å²) in [5.74, 6) is -1.36. The number of nitrogens with two attached hydrogens (primary N) is 1. The van der Waals surface area contributed by atoms with E-state index in [2.05, 4.69) is 20.5 Å². The first-order valence-electron chi connectivity index (χ1n) is 9.30. The third kappa shape index (κ3) is 3.70. The first-order chi connectivity index (χ1) is 14.4. The van der Waals surface area contributed by atoms with E-state index in [9.17, 15) is 18.0 Å².